The van der Waals surface area contributed by atoms with Crippen LogP contribution in [0.5, 0.6) is 0 Å². The molecule has 0 heterocycles. The second-order valence-electron chi connectivity index (χ2n) is 6.04. The van der Waals surface area contributed by atoms with Gasteiger partial charge in [-0.05, 0) is 38.4 Å². The van der Waals surface area contributed by atoms with E-state index in [1.54, 1.807) is 0 Å². The van der Waals surface area contributed by atoms with Crippen molar-refractivity contribution in [3.8, 4) is 0 Å². The molecular formula is C14H26N2OS. The van der Waals surface area contributed by atoms with Gasteiger partial charge in [-0.15, -0.1) is 0 Å². The molecule has 0 aliphatic heterocycles. The lowest BCUT2D eigenvalue weighted by molar-refractivity contribution is -0.123. The van der Waals surface area contributed by atoms with Crippen molar-refractivity contribution in [2.45, 2.75) is 74.6 Å². The summed E-state index contributed by atoms with van der Waals surface area (Å²) < 4.78 is 0. The molecule has 0 saturated heterocycles. The maximum Gasteiger partial charge on any atom is 0.222 e. The second-order valence-corrected chi connectivity index (χ2v) is 7.17. The summed E-state index contributed by atoms with van der Waals surface area (Å²) in [5.41, 5.74) is 6.10. The van der Waals surface area contributed by atoms with Crippen LogP contribution < -0.4 is 11.1 Å². The third-order valence-corrected chi connectivity index (χ3v) is 5.54. The van der Waals surface area contributed by atoms with Gasteiger partial charge >= 0.3 is 0 Å². The Morgan fingerprint density at radius 1 is 1.33 bits per heavy atom. The van der Waals surface area contributed by atoms with E-state index in [9.17, 15) is 4.79 Å². The number of thioether (sulfide) groups is 1. The monoisotopic (exact) mass is 270 g/mol. The highest BCUT2D eigenvalue weighted by atomic mass is 32.2. The van der Waals surface area contributed by atoms with E-state index in [-0.39, 0.29) is 11.4 Å². The zero-order chi connectivity index (χ0) is 13.0. The largest absolute Gasteiger partial charge is 0.353 e. The summed E-state index contributed by atoms with van der Waals surface area (Å²) in [6, 6.07) is 0.391. The van der Waals surface area contributed by atoms with Gasteiger partial charge in [0.2, 0.25) is 5.91 Å². The van der Waals surface area contributed by atoms with Gasteiger partial charge in [0, 0.05) is 23.3 Å². The standard InChI is InChI=1S/C14H26N2OS/c1-18-12-6-5-11(9-12)16-13(17)10-14(15)7-3-2-4-8-14/h11-12H,2-10,15H2,1H3,(H,16,17). The SMILES string of the molecule is CSC1CCC(NC(=O)CC2(N)CCCCC2)C1. The number of nitrogens with one attached hydrogen (secondary N) is 1. The van der Waals surface area contributed by atoms with E-state index >= 15 is 0 Å². The van der Waals surface area contributed by atoms with Crippen LogP contribution in [-0.4, -0.2) is 29.0 Å². The van der Waals surface area contributed by atoms with E-state index in [4.69, 9.17) is 5.73 Å². The number of hydrogen-bond acceptors (Lipinski definition) is 3. The van der Waals surface area contributed by atoms with Crippen LogP contribution in [0.3, 0.4) is 0 Å². The molecule has 2 saturated carbocycles. The fraction of sp³-hybridized carbons (Fsp3) is 0.929. The minimum absolute atomic E-state index is 0.172. The summed E-state index contributed by atoms with van der Waals surface area (Å²) in [4.78, 5) is 12.1. The molecular weight excluding hydrogens is 244 g/mol. The van der Waals surface area contributed by atoms with E-state index in [0.717, 1.165) is 30.9 Å². The Kier molecular flexibility index (Phi) is 4.96. The predicted molar refractivity (Wildman–Crippen MR) is 77.7 cm³/mol. The third kappa shape index (κ3) is 3.89. The molecule has 2 atom stereocenters. The summed E-state index contributed by atoms with van der Waals surface area (Å²) in [7, 11) is 0. The molecule has 2 unspecified atom stereocenters. The highest BCUT2D eigenvalue weighted by molar-refractivity contribution is 7.99. The van der Waals surface area contributed by atoms with E-state index in [2.05, 4.69) is 11.6 Å². The van der Waals surface area contributed by atoms with Gasteiger partial charge in [0.15, 0.2) is 0 Å². The van der Waals surface area contributed by atoms with Crippen LogP contribution in [0.15, 0.2) is 0 Å². The average Bonchev–Trinajstić information content (AvgIpc) is 2.76. The van der Waals surface area contributed by atoms with Crippen molar-refractivity contribution in [2.75, 3.05) is 6.26 Å². The Hall–Kier alpha value is -0.220. The number of hydrogen-bond donors (Lipinski definition) is 2. The second kappa shape index (κ2) is 6.29. The molecule has 0 aromatic heterocycles. The number of nitrogens with two attached hydrogens (primary N) is 1. The molecule has 0 spiro atoms. The van der Waals surface area contributed by atoms with E-state index in [1.165, 1.54) is 25.7 Å². The molecule has 2 aliphatic rings. The maximum atomic E-state index is 12.1. The molecule has 18 heavy (non-hydrogen) atoms. The Bertz CT molecular complexity index is 290. The topological polar surface area (TPSA) is 55.1 Å². The Balaban J connectivity index is 1.75. The van der Waals surface area contributed by atoms with Gasteiger partial charge in [-0.1, -0.05) is 19.3 Å². The van der Waals surface area contributed by atoms with E-state index < -0.39 is 0 Å². The Morgan fingerprint density at radius 2 is 2.06 bits per heavy atom. The molecule has 0 radical (unpaired) electrons. The molecule has 104 valence electrons. The minimum atomic E-state index is -0.222. The average molecular weight is 270 g/mol. The summed E-state index contributed by atoms with van der Waals surface area (Å²) >= 11 is 1.92. The van der Waals surface area contributed by atoms with Gasteiger partial charge in [0.1, 0.15) is 0 Å². The fourth-order valence-corrected chi connectivity index (χ4v) is 4.11. The third-order valence-electron chi connectivity index (χ3n) is 4.44. The lowest BCUT2D eigenvalue weighted by Gasteiger charge is -2.33. The highest BCUT2D eigenvalue weighted by Crippen LogP contribution is 2.30. The summed E-state index contributed by atoms with van der Waals surface area (Å²) in [5, 5.41) is 3.92. The molecule has 3 nitrogen and oxygen atoms in total. The van der Waals surface area contributed by atoms with Crippen LogP contribution in [0.25, 0.3) is 0 Å². The zero-order valence-electron chi connectivity index (χ0n) is 11.4. The van der Waals surface area contributed by atoms with Crippen LogP contribution in [0.4, 0.5) is 0 Å². The van der Waals surface area contributed by atoms with Gasteiger partial charge in [-0.3, -0.25) is 4.79 Å². The van der Waals surface area contributed by atoms with Crippen molar-refractivity contribution >= 4 is 17.7 Å². The van der Waals surface area contributed by atoms with Crippen LogP contribution in [0, 0.1) is 0 Å². The van der Waals surface area contributed by atoms with E-state index in [1.807, 2.05) is 11.8 Å². The van der Waals surface area contributed by atoms with Crippen LogP contribution >= 0.6 is 11.8 Å². The Labute approximate surface area is 115 Å². The van der Waals surface area contributed by atoms with Crippen molar-refractivity contribution in [3.63, 3.8) is 0 Å². The molecule has 0 bridgehead atoms. The minimum Gasteiger partial charge on any atom is -0.353 e. The van der Waals surface area contributed by atoms with Gasteiger partial charge in [0.05, 0.1) is 0 Å². The summed E-state index contributed by atoms with van der Waals surface area (Å²) in [6.07, 6.45) is 11.8. The van der Waals surface area contributed by atoms with Crippen LogP contribution in [-0.2, 0) is 4.79 Å². The van der Waals surface area contributed by atoms with E-state index in [0.29, 0.717) is 12.5 Å². The first-order chi connectivity index (χ1) is 8.61. The van der Waals surface area contributed by atoms with Gasteiger partial charge in [0.25, 0.3) is 0 Å². The maximum absolute atomic E-state index is 12.1. The quantitative estimate of drug-likeness (QED) is 0.825. The molecule has 0 aromatic carbocycles. The molecule has 2 aliphatic carbocycles. The molecule has 4 heteroatoms. The van der Waals surface area contributed by atoms with Crippen molar-refractivity contribution in [1.82, 2.24) is 5.32 Å². The van der Waals surface area contributed by atoms with Crippen molar-refractivity contribution in [1.29, 1.82) is 0 Å². The first-order valence-electron chi connectivity index (χ1n) is 7.22. The first kappa shape index (κ1) is 14.2. The first-order valence-corrected chi connectivity index (χ1v) is 8.51. The van der Waals surface area contributed by atoms with Crippen LogP contribution in [0.1, 0.15) is 57.8 Å². The number of rotatable bonds is 4. The van der Waals surface area contributed by atoms with Gasteiger partial charge < -0.3 is 11.1 Å². The van der Waals surface area contributed by atoms with Crippen molar-refractivity contribution < 1.29 is 4.79 Å². The molecule has 2 fully saturated rings. The molecule has 3 N–H and O–H groups in total. The normalized spacial score (nSPS) is 31.2. The fourth-order valence-electron chi connectivity index (χ4n) is 3.32. The lowest BCUT2D eigenvalue weighted by Crippen LogP contribution is -2.47. The predicted octanol–water partition coefficient (Wildman–Crippen LogP) is 2.44. The number of carbonyl (C=O) groups is 1. The highest BCUT2D eigenvalue weighted by Gasteiger charge is 2.32. The van der Waals surface area contributed by atoms with Crippen molar-refractivity contribution in [2.24, 2.45) is 5.73 Å². The van der Waals surface area contributed by atoms with Crippen molar-refractivity contribution in [3.05, 3.63) is 0 Å². The molecule has 1 amide bonds. The van der Waals surface area contributed by atoms with Gasteiger partial charge in [-0.25, -0.2) is 0 Å². The lowest BCUT2D eigenvalue weighted by atomic mass is 9.80. The number of amides is 1. The van der Waals surface area contributed by atoms with Crippen LogP contribution in [0.2, 0.25) is 0 Å². The zero-order valence-corrected chi connectivity index (χ0v) is 12.2. The summed E-state index contributed by atoms with van der Waals surface area (Å²) in [5.74, 6) is 0.172. The number of carbonyl (C=O) groups excluding carboxylic acids is 1. The van der Waals surface area contributed by atoms with Gasteiger partial charge in [-0.2, -0.15) is 11.8 Å². The Morgan fingerprint density at radius 3 is 2.67 bits per heavy atom. The molecule has 2 rings (SSSR count). The smallest absolute Gasteiger partial charge is 0.222 e. The summed E-state index contributed by atoms with van der Waals surface area (Å²) in [6.45, 7) is 0. The molecule has 0 aromatic rings.